The van der Waals surface area contributed by atoms with Crippen molar-refractivity contribution in [3.05, 3.63) is 313 Å². The molecule has 2 aliphatic heterocycles. The Kier molecular flexibility index (Phi) is 15.3. The van der Waals surface area contributed by atoms with E-state index in [1.165, 1.54) is 21.3 Å². The van der Waals surface area contributed by atoms with E-state index in [0.29, 0.717) is 78.2 Å². The predicted molar refractivity (Wildman–Crippen MR) is 443 cm³/mol. The molecule has 8 bridgehead atoms. The molecule has 18 aromatic rings. The van der Waals surface area contributed by atoms with Crippen LogP contribution in [0.4, 0.5) is 0 Å². The summed E-state index contributed by atoms with van der Waals surface area (Å²) >= 11 is 0. The van der Waals surface area contributed by atoms with Gasteiger partial charge in [0.2, 0.25) is 0 Å². The molecule has 0 N–H and O–H groups in total. The van der Waals surface area contributed by atoms with Crippen molar-refractivity contribution in [2.24, 2.45) is 0 Å². The first-order chi connectivity index (χ1) is 53.5. The second-order valence-electron chi connectivity index (χ2n) is 28.6. The number of aryl methyl sites for hydroxylation is 1. The monoisotopic (exact) mass is 1510 g/mol. The number of fused-ring (bicyclic) bond motifs is 8. The average molecular weight is 1510 g/mol. The van der Waals surface area contributed by atoms with Gasteiger partial charge in [0, 0.05) is 22.3 Å². The maximum atomic E-state index is 13.7. The van der Waals surface area contributed by atoms with Crippen LogP contribution in [0.3, 0.4) is 0 Å². The number of rotatable bonds is 7. The van der Waals surface area contributed by atoms with Crippen LogP contribution >= 0.6 is 0 Å². The van der Waals surface area contributed by atoms with Crippen LogP contribution in [-0.2, 0) is 34.6 Å². The Balaban J connectivity index is 0.00000792. The fourth-order valence-electron chi connectivity index (χ4n) is 16.9. The van der Waals surface area contributed by atoms with Gasteiger partial charge in [-0.15, -0.1) is 22.1 Å². The minimum atomic E-state index is -0.479. The summed E-state index contributed by atoms with van der Waals surface area (Å²) < 4.78 is 16.2. The third-order valence-corrected chi connectivity index (χ3v) is 22.3. The van der Waals surface area contributed by atoms with Gasteiger partial charge >= 0.3 is 38.3 Å². The molecule has 3 aliphatic rings. The van der Waals surface area contributed by atoms with Crippen LogP contribution in [-0.4, -0.2) is 49.2 Å². The summed E-state index contributed by atoms with van der Waals surface area (Å²) in [5.41, 5.74) is 16.8. The molecule has 522 valence electrons. The van der Waals surface area contributed by atoms with Gasteiger partial charge in [0.25, 0.3) is 0 Å². The summed E-state index contributed by atoms with van der Waals surface area (Å²) in [6.07, 6.45) is 0. The Morgan fingerprint density at radius 2 is 0.455 bits per heavy atom. The van der Waals surface area contributed by atoms with E-state index in [0.717, 1.165) is 163 Å². The Morgan fingerprint density at radius 1 is 0.255 bits per heavy atom. The number of ether oxygens (including phenoxy) is 3. The Bertz CT molecular complexity index is 7300. The first-order valence-electron chi connectivity index (χ1n) is 36.3. The molecule has 0 amide bonds. The van der Waals surface area contributed by atoms with Crippen LogP contribution in [0.5, 0.6) is 0 Å². The SMILES string of the molecule is COC(=O)c1ccc(-c2c3nc(c(-c4ccc(C(=O)OC)cc4)c4[n-]c(c(-c5ccc(C(=O)OC)cc5)c5nc(c(-c6ccc(C)cc6)c6[n-]c2c2cc7cc8ccccc8cc7cc62)-c2cc6cc7ccccc7cc6cc2-5)c2cc5cc6ccccc6cc5cc42)-c2cc4cc5ccccc5cc4cc2-3)cc1.[Pd+2]. The minimum Gasteiger partial charge on any atom is -0.656 e. The van der Waals surface area contributed by atoms with E-state index in [-0.39, 0.29) is 20.4 Å². The van der Waals surface area contributed by atoms with Gasteiger partial charge in [-0.1, -0.05) is 163 Å². The molecular weight excluding hydrogens is 1450 g/mol. The minimum absolute atomic E-state index is 0. The van der Waals surface area contributed by atoms with E-state index < -0.39 is 17.9 Å². The topological polar surface area (TPSA) is 133 Å². The molecule has 11 heteroatoms. The number of methoxy groups -OCH3 is 3. The second-order valence-corrected chi connectivity index (χ2v) is 28.6. The number of carbonyl (C=O) groups excluding carboxylic acids is 3. The maximum Gasteiger partial charge on any atom is 2.00 e. The summed E-state index contributed by atoms with van der Waals surface area (Å²) in [5, 5.41) is 20.2. The van der Waals surface area contributed by atoms with Crippen molar-refractivity contribution in [3.63, 3.8) is 0 Å². The summed E-state index contributed by atoms with van der Waals surface area (Å²) in [4.78, 5) is 66.1. The first-order valence-corrected chi connectivity index (χ1v) is 36.3. The van der Waals surface area contributed by atoms with Gasteiger partial charge in [0.15, 0.2) is 0 Å². The number of benzene rings is 16. The van der Waals surface area contributed by atoms with Crippen molar-refractivity contribution in [1.29, 1.82) is 0 Å². The Labute approximate surface area is 643 Å². The van der Waals surface area contributed by atoms with Crippen molar-refractivity contribution in [1.82, 2.24) is 19.9 Å². The van der Waals surface area contributed by atoms with E-state index in [2.05, 4.69) is 225 Å². The van der Waals surface area contributed by atoms with E-state index >= 15 is 0 Å². The third-order valence-electron chi connectivity index (χ3n) is 22.3. The van der Waals surface area contributed by atoms with Crippen molar-refractivity contribution in [2.45, 2.75) is 6.92 Å². The van der Waals surface area contributed by atoms with E-state index in [9.17, 15) is 14.4 Å². The molecule has 0 spiro atoms. The van der Waals surface area contributed by atoms with E-state index in [1.807, 2.05) is 60.7 Å². The molecule has 110 heavy (non-hydrogen) atoms. The number of aromatic nitrogens is 4. The van der Waals surface area contributed by atoms with Crippen molar-refractivity contribution >= 4 is 148 Å². The van der Waals surface area contributed by atoms with Gasteiger partial charge < -0.3 is 24.2 Å². The molecule has 0 fully saturated rings. The molecule has 10 nitrogen and oxygen atoms in total. The molecule has 0 unspecified atom stereocenters. The zero-order chi connectivity index (χ0) is 73.0. The van der Waals surface area contributed by atoms with Crippen molar-refractivity contribution in [3.8, 4) is 89.5 Å². The third kappa shape index (κ3) is 10.5. The summed E-state index contributed by atoms with van der Waals surface area (Å²) in [6, 6.07) is 102. The summed E-state index contributed by atoms with van der Waals surface area (Å²) in [6.45, 7) is 2.11. The first kappa shape index (κ1) is 65.8. The molecule has 1 aliphatic carbocycles. The van der Waals surface area contributed by atoms with Crippen LogP contribution in [0, 0.1) is 6.92 Å². The second kappa shape index (κ2) is 25.5. The van der Waals surface area contributed by atoms with E-state index in [4.69, 9.17) is 34.1 Å². The van der Waals surface area contributed by atoms with E-state index in [1.54, 1.807) is 12.1 Å². The average Bonchev–Trinajstić information content (AvgIpc) is 1.55. The molecule has 0 saturated carbocycles. The zero-order valence-electron chi connectivity index (χ0n) is 59.8. The number of carbonyl (C=O) groups is 3. The van der Waals surface area contributed by atoms with Crippen LogP contribution in [0.1, 0.15) is 36.6 Å². The number of nitrogens with zero attached hydrogens (tertiary/aromatic N) is 4. The van der Waals surface area contributed by atoms with Crippen LogP contribution in [0.15, 0.2) is 291 Å². The Hall–Kier alpha value is -13.7. The van der Waals surface area contributed by atoms with Crippen LogP contribution in [0.25, 0.3) is 219 Å². The molecule has 0 radical (unpaired) electrons. The standard InChI is InChI=1S/C99H61N4O6.Pd/c1-53-21-23-54(24-22-53)85-89-77-45-69-37-61-13-5-7-15-63(61)39-71(69)47-79(77)91(100-89)86(55-25-31-58(32-26-55)97(104)107-2)93-81-49-73-41-65-17-9-11-19-67(65)43-75(73)51-83(81)95(102-93)88(57-29-35-60(36-30-57)99(106)109-4)96-84-52-76-44-68-20-12-10-18-66(68)42-74(76)50-82(84)94(103-96)87(56-27-33-59(34-28-56)98(105)108-3)92-80-48-72-40-64-16-8-6-14-62(64)38-70(72)46-78(80)90(85)101-92;/h5-52H,1-4H3,(H-,100,101,102,103,104,105,106);/q-1;+2/p-1. The Morgan fingerprint density at radius 3 is 0.664 bits per heavy atom. The molecular formula is C99H60N4O6Pd. The quantitative estimate of drug-likeness (QED) is 0.0657. The van der Waals surface area contributed by atoms with Crippen molar-refractivity contribution < 1.29 is 49.0 Å². The number of esters is 3. The summed E-state index contributed by atoms with van der Waals surface area (Å²) in [7, 11) is 4.19. The van der Waals surface area contributed by atoms with Crippen LogP contribution < -0.4 is 9.97 Å². The fraction of sp³-hybridized carbons (Fsp3) is 0.0404. The largest absolute Gasteiger partial charge is 2.00 e. The number of hydrogen-bond donors (Lipinski definition) is 0. The molecule has 2 aromatic heterocycles. The molecule has 16 aromatic carbocycles. The molecule has 4 heterocycles. The fourth-order valence-corrected chi connectivity index (χ4v) is 16.9. The smallest absolute Gasteiger partial charge is 0.656 e. The zero-order valence-corrected chi connectivity index (χ0v) is 61.3. The molecule has 0 saturated heterocycles. The van der Waals surface area contributed by atoms with Gasteiger partial charge in [0.05, 0.1) is 60.8 Å². The number of hydrogen-bond acceptors (Lipinski definition) is 8. The maximum absolute atomic E-state index is 13.7. The van der Waals surface area contributed by atoms with Gasteiger partial charge in [-0.25, -0.2) is 24.4 Å². The molecule has 0 atom stereocenters. The van der Waals surface area contributed by atoms with Gasteiger partial charge in [0.1, 0.15) is 0 Å². The van der Waals surface area contributed by atoms with Gasteiger partial charge in [-0.2, -0.15) is 0 Å². The normalized spacial score (nSPS) is 11.9. The van der Waals surface area contributed by atoms with Crippen molar-refractivity contribution in [2.75, 3.05) is 21.3 Å². The summed E-state index contributed by atoms with van der Waals surface area (Å²) in [5.74, 6) is -1.42. The van der Waals surface area contributed by atoms with Gasteiger partial charge in [-0.3, -0.25) is 0 Å². The molecule has 21 rings (SSSR count). The van der Waals surface area contributed by atoms with Gasteiger partial charge in [-0.05, 0) is 293 Å². The van der Waals surface area contributed by atoms with Crippen LogP contribution in [0.2, 0.25) is 0 Å². The predicted octanol–water partition coefficient (Wildman–Crippen LogP) is 24.1.